The van der Waals surface area contributed by atoms with Crippen molar-refractivity contribution >= 4 is 29.3 Å². The van der Waals surface area contributed by atoms with Gasteiger partial charge in [0.15, 0.2) is 0 Å². The highest BCUT2D eigenvalue weighted by Gasteiger charge is 2.31. The summed E-state index contributed by atoms with van der Waals surface area (Å²) in [5.74, 6) is 1.42. The van der Waals surface area contributed by atoms with Gasteiger partial charge in [0.1, 0.15) is 11.6 Å². The molecule has 0 aromatic carbocycles. The van der Waals surface area contributed by atoms with Crippen LogP contribution in [0.1, 0.15) is 20.3 Å². The normalized spacial score (nSPS) is 25.1. The molecule has 22 heavy (non-hydrogen) atoms. The third kappa shape index (κ3) is 3.11. The SMILES string of the molecule is C[C@@H]1C[C@@H](C)CN(C(=O)CN2C(=O)CSc3ncccc32)C1. The van der Waals surface area contributed by atoms with Crippen molar-refractivity contribution in [1.29, 1.82) is 0 Å². The number of amides is 2. The number of nitrogens with zero attached hydrogens (tertiary/aromatic N) is 3. The van der Waals surface area contributed by atoms with Gasteiger partial charge >= 0.3 is 0 Å². The monoisotopic (exact) mass is 319 g/mol. The van der Waals surface area contributed by atoms with Crippen LogP contribution in [0, 0.1) is 11.8 Å². The van der Waals surface area contributed by atoms with Crippen molar-refractivity contribution in [2.75, 3.05) is 30.3 Å². The first-order valence-corrected chi connectivity index (χ1v) is 8.69. The smallest absolute Gasteiger partial charge is 0.242 e. The summed E-state index contributed by atoms with van der Waals surface area (Å²) >= 11 is 1.44. The van der Waals surface area contributed by atoms with Crippen LogP contribution in [0.25, 0.3) is 0 Å². The van der Waals surface area contributed by atoms with E-state index in [0.29, 0.717) is 17.6 Å². The van der Waals surface area contributed by atoms with Gasteiger partial charge < -0.3 is 4.90 Å². The van der Waals surface area contributed by atoms with Crippen LogP contribution in [-0.2, 0) is 9.59 Å². The Morgan fingerprint density at radius 1 is 1.36 bits per heavy atom. The summed E-state index contributed by atoms with van der Waals surface area (Å²) in [6, 6.07) is 3.67. The Hall–Kier alpha value is -1.56. The maximum Gasteiger partial charge on any atom is 0.242 e. The number of piperidine rings is 1. The van der Waals surface area contributed by atoms with Gasteiger partial charge in [0.2, 0.25) is 11.8 Å². The summed E-state index contributed by atoms with van der Waals surface area (Å²) in [6.07, 6.45) is 2.88. The Balaban J connectivity index is 1.75. The zero-order valence-corrected chi connectivity index (χ0v) is 13.8. The molecule has 0 saturated carbocycles. The zero-order chi connectivity index (χ0) is 15.7. The van der Waals surface area contributed by atoms with E-state index in [0.717, 1.165) is 30.2 Å². The average Bonchev–Trinajstić information content (AvgIpc) is 2.49. The van der Waals surface area contributed by atoms with Crippen LogP contribution in [-0.4, -0.2) is 47.1 Å². The number of anilines is 1. The maximum absolute atomic E-state index is 12.6. The van der Waals surface area contributed by atoms with Gasteiger partial charge in [-0.3, -0.25) is 14.5 Å². The molecule has 2 amide bonds. The van der Waals surface area contributed by atoms with Crippen molar-refractivity contribution in [2.24, 2.45) is 11.8 Å². The second kappa shape index (κ2) is 6.28. The van der Waals surface area contributed by atoms with E-state index in [-0.39, 0.29) is 18.4 Å². The summed E-state index contributed by atoms with van der Waals surface area (Å²) in [5.41, 5.74) is 0.759. The number of likely N-dealkylation sites (tertiary alicyclic amines) is 1. The van der Waals surface area contributed by atoms with E-state index < -0.39 is 0 Å². The first kappa shape index (κ1) is 15.3. The molecule has 118 valence electrons. The Morgan fingerprint density at radius 3 is 2.82 bits per heavy atom. The van der Waals surface area contributed by atoms with Crippen LogP contribution >= 0.6 is 11.8 Å². The van der Waals surface area contributed by atoms with E-state index >= 15 is 0 Å². The summed E-state index contributed by atoms with van der Waals surface area (Å²) < 4.78 is 0. The maximum atomic E-state index is 12.6. The molecule has 3 heterocycles. The van der Waals surface area contributed by atoms with E-state index in [2.05, 4.69) is 18.8 Å². The molecule has 1 aromatic heterocycles. The third-order valence-electron chi connectivity index (χ3n) is 4.19. The van der Waals surface area contributed by atoms with E-state index in [9.17, 15) is 9.59 Å². The molecule has 2 atom stereocenters. The second-order valence-corrected chi connectivity index (χ2v) is 7.31. The lowest BCUT2D eigenvalue weighted by Crippen LogP contribution is -2.49. The first-order valence-electron chi connectivity index (χ1n) is 7.70. The van der Waals surface area contributed by atoms with Crippen molar-refractivity contribution in [2.45, 2.75) is 25.3 Å². The molecule has 1 fully saturated rings. The summed E-state index contributed by atoms with van der Waals surface area (Å²) in [4.78, 5) is 32.6. The molecule has 5 nitrogen and oxygen atoms in total. The molecule has 6 heteroatoms. The lowest BCUT2D eigenvalue weighted by atomic mass is 9.92. The van der Waals surface area contributed by atoms with Crippen molar-refractivity contribution in [1.82, 2.24) is 9.88 Å². The van der Waals surface area contributed by atoms with Crippen LogP contribution in [0.4, 0.5) is 5.69 Å². The zero-order valence-electron chi connectivity index (χ0n) is 13.0. The molecular weight excluding hydrogens is 298 g/mol. The molecule has 0 radical (unpaired) electrons. The molecule has 2 aliphatic rings. The molecule has 0 N–H and O–H groups in total. The van der Waals surface area contributed by atoms with Gasteiger partial charge in [-0.15, -0.1) is 0 Å². The van der Waals surface area contributed by atoms with Gasteiger partial charge in [0.05, 0.1) is 11.4 Å². The molecule has 1 saturated heterocycles. The van der Waals surface area contributed by atoms with Crippen LogP contribution in [0.5, 0.6) is 0 Å². The number of pyridine rings is 1. The number of aromatic nitrogens is 1. The highest BCUT2D eigenvalue weighted by Crippen LogP contribution is 2.33. The highest BCUT2D eigenvalue weighted by molar-refractivity contribution is 8.00. The predicted molar refractivity (Wildman–Crippen MR) is 86.8 cm³/mol. The van der Waals surface area contributed by atoms with E-state index in [4.69, 9.17) is 0 Å². The Kier molecular flexibility index (Phi) is 4.38. The first-order chi connectivity index (χ1) is 10.5. The summed E-state index contributed by atoms with van der Waals surface area (Å²) in [7, 11) is 0. The van der Waals surface area contributed by atoms with Crippen LogP contribution in [0.15, 0.2) is 23.4 Å². The quantitative estimate of drug-likeness (QED) is 0.837. The second-order valence-electron chi connectivity index (χ2n) is 6.34. The average molecular weight is 319 g/mol. The molecule has 3 rings (SSSR count). The van der Waals surface area contributed by atoms with Crippen LogP contribution < -0.4 is 4.90 Å². The summed E-state index contributed by atoms with van der Waals surface area (Å²) in [6.45, 7) is 6.06. The van der Waals surface area contributed by atoms with Gasteiger partial charge in [0, 0.05) is 19.3 Å². The lowest BCUT2D eigenvalue weighted by Gasteiger charge is -2.36. The van der Waals surface area contributed by atoms with Crippen LogP contribution in [0.3, 0.4) is 0 Å². The fourth-order valence-corrected chi connectivity index (χ4v) is 4.19. The van der Waals surface area contributed by atoms with Gasteiger partial charge in [-0.25, -0.2) is 4.98 Å². The number of hydrogen-bond donors (Lipinski definition) is 0. The Labute approximate surface area is 135 Å². The largest absolute Gasteiger partial charge is 0.341 e. The third-order valence-corrected chi connectivity index (χ3v) is 5.17. The number of carbonyl (C=O) groups is 2. The molecule has 0 bridgehead atoms. The molecule has 0 unspecified atom stereocenters. The van der Waals surface area contributed by atoms with Crippen molar-refractivity contribution in [3.8, 4) is 0 Å². The van der Waals surface area contributed by atoms with Crippen molar-refractivity contribution in [3.05, 3.63) is 18.3 Å². The molecule has 1 aromatic rings. The number of carbonyl (C=O) groups excluding carboxylic acids is 2. The minimum absolute atomic E-state index is 0.0167. The lowest BCUT2D eigenvalue weighted by molar-refractivity contribution is -0.133. The van der Waals surface area contributed by atoms with E-state index in [1.165, 1.54) is 11.8 Å². The fourth-order valence-electron chi connectivity index (χ4n) is 3.32. The molecular formula is C16H21N3O2S. The van der Waals surface area contributed by atoms with Crippen LogP contribution in [0.2, 0.25) is 0 Å². The van der Waals surface area contributed by atoms with E-state index in [1.54, 1.807) is 17.2 Å². The Morgan fingerprint density at radius 2 is 2.09 bits per heavy atom. The number of thioether (sulfide) groups is 1. The minimum atomic E-state index is -0.0167. The Bertz CT molecular complexity index is 583. The van der Waals surface area contributed by atoms with Crippen molar-refractivity contribution in [3.63, 3.8) is 0 Å². The minimum Gasteiger partial charge on any atom is -0.341 e. The number of rotatable bonds is 2. The highest BCUT2D eigenvalue weighted by atomic mass is 32.2. The molecule has 0 spiro atoms. The van der Waals surface area contributed by atoms with Gasteiger partial charge in [-0.05, 0) is 30.4 Å². The molecule has 0 aliphatic carbocycles. The fraction of sp³-hybridized carbons (Fsp3) is 0.562. The standard InChI is InChI=1S/C16H21N3O2S/c1-11-6-12(2)8-18(7-11)14(20)9-19-13-4-3-5-17-16(13)22-10-15(19)21/h3-5,11-12H,6-10H2,1-2H3/t11-,12-/m1/s1. The van der Waals surface area contributed by atoms with Crippen molar-refractivity contribution < 1.29 is 9.59 Å². The molecule has 2 aliphatic heterocycles. The number of hydrogen-bond acceptors (Lipinski definition) is 4. The topological polar surface area (TPSA) is 53.5 Å². The van der Waals surface area contributed by atoms with Gasteiger partial charge in [-0.2, -0.15) is 0 Å². The summed E-state index contributed by atoms with van der Waals surface area (Å²) in [5, 5.41) is 0.829. The number of fused-ring (bicyclic) bond motifs is 1. The van der Waals surface area contributed by atoms with E-state index in [1.807, 2.05) is 11.0 Å². The van der Waals surface area contributed by atoms with Gasteiger partial charge in [-0.1, -0.05) is 25.6 Å². The predicted octanol–water partition coefficient (Wildman–Crippen LogP) is 2.02. The van der Waals surface area contributed by atoms with Gasteiger partial charge in [0.25, 0.3) is 0 Å².